The number of halogens is 5. The van der Waals surface area contributed by atoms with E-state index in [1.165, 1.54) is 35.3 Å². The van der Waals surface area contributed by atoms with Gasteiger partial charge in [-0.05, 0) is 12.1 Å². The van der Waals surface area contributed by atoms with E-state index < -0.39 is 29.1 Å². The number of nitrogens with zero attached hydrogens (tertiary/aromatic N) is 3. The van der Waals surface area contributed by atoms with E-state index in [0.717, 1.165) is 0 Å². The standard InChI is InChI=1S/C15H10Cl2F3N5O2/c1-25-6-7(5-21-25)22-14-23-12(15(18,19)20)11(13(26)24-14)27-8-2-3-9(16)10(17)4-8/h2-6H,1H3,(H2,22,23,24,26). The van der Waals surface area contributed by atoms with Gasteiger partial charge < -0.3 is 10.1 Å². The Balaban J connectivity index is 2.02. The zero-order chi connectivity index (χ0) is 19.8. The first-order chi connectivity index (χ1) is 12.6. The average molecular weight is 420 g/mol. The lowest BCUT2D eigenvalue weighted by molar-refractivity contribution is -0.142. The summed E-state index contributed by atoms with van der Waals surface area (Å²) in [5.41, 5.74) is -2.29. The SMILES string of the molecule is Cn1cc(Nc2nc(C(F)(F)F)c(Oc3ccc(Cl)c(Cl)c3)c(=O)[nH]2)cn1. The maximum Gasteiger partial charge on any atom is 0.437 e. The Bertz CT molecular complexity index is 1050. The zero-order valence-corrected chi connectivity index (χ0v) is 14.9. The summed E-state index contributed by atoms with van der Waals surface area (Å²) in [7, 11) is 1.62. The third kappa shape index (κ3) is 4.34. The van der Waals surface area contributed by atoms with Gasteiger partial charge in [0, 0.05) is 19.3 Å². The number of aromatic amines is 1. The number of aromatic nitrogens is 4. The van der Waals surface area contributed by atoms with Crippen LogP contribution in [-0.2, 0) is 13.2 Å². The van der Waals surface area contributed by atoms with Gasteiger partial charge in [0.25, 0.3) is 5.56 Å². The molecule has 7 nitrogen and oxygen atoms in total. The number of ether oxygens (including phenoxy) is 1. The van der Waals surface area contributed by atoms with Crippen molar-refractivity contribution in [2.24, 2.45) is 7.05 Å². The molecule has 0 spiro atoms. The number of aryl methyl sites for hydroxylation is 1. The summed E-state index contributed by atoms with van der Waals surface area (Å²) < 4.78 is 46.8. The molecular weight excluding hydrogens is 410 g/mol. The van der Waals surface area contributed by atoms with Crippen LogP contribution in [0, 0.1) is 0 Å². The molecule has 27 heavy (non-hydrogen) atoms. The molecule has 2 aromatic heterocycles. The molecule has 0 saturated heterocycles. The van der Waals surface area contributed by atoms with Gasteiger partial charge in [-0.1, -0.05) is 23.2 Å². The zero-order valence-electron chi connectivity index (χ0n) is 13.4. The van der Waals surface area contributed by atoms with Crippen LogP contribution >= 0.6 is 23.2 Å². The number of hydrogen-bond acceptors (Lipinski definition) is 5. The van der Waals surface area contributed by atoms with Crippen molar-refractivity contribution in [3.05, 3.63) is 56.7 Å². The second-order valence-corrected chi connectivity index (χ2v) is 6.11. The molecule has 0 saturated carbocycles. The third-order valence-corrected chi connectivity index (χ3v) is 3.96. The predicted molar refractivity (Wildman–Crippen MR) is 92.9 cm³/mol. The van der Waals surface area contributed by atoms with Crippen LogP contribution in [0.4, 0.5) is 24.8 Å². The maximum atomic E-state index is 13.4. The van der Waals surface area contributed by atoms with Crippen LogP contribution in [0.3, 0.4) is 0 Å². The lowest BCUT2D eigenvalue weighted by Crippen LogP contribution is -2.21. The second kappa shape index (κ2) is 7.12. The first-order valence-corrected chi connectivity index (χ1v) is 7.99. The number of hydrogen-bond donors (Lipinski definition) is 2. The van der Waals surface area contributed by atoms with E-state index in [1.54, 1.807) is 7.05 Å². The molecule has 3 rings (SSSR count). The minimum absolute atomic E-state index is 0.0574. The van der Waals surface area contributed by atoms with Crippen LogP contribution in [0.25, 0.3) is 0 Å². The summed E-state index contributed by atoms with van der Waals surface area (Å²) in [5.74, 6) is -1.53. The lowest BCUT2D eigenvalue weighted by atomic mass is 10.3. The van der Waals surface area contributed by atoms with Gasteiger partial charge in [-0.15, -0.1) is 0 Å². The summed E-state index contributed by atoms with van der Waals surface area (Å²) in [6.07, 6.45) is -2.09. The van der Waals surface area contributed by atoms with Gasteiger partial charge >= 0.3 is 6.18 Å². The Morgan fingerprint density at radius 1 is 1.26 bits per heavy atom. The number of alkyl halides is 3. The van der Waals surface area contributed by atoms with Gasteiger partial charge in [-0.3, -0.25) is 14.5 Å². The first kappa shape index (κ1) is 19.1. The van der Waals surface area contributed by atoms with Crippen LogP contribution < -0.4 is 15.6 Å². The van der Waals surface area contributed by atoms with Crippen LogP contribution in [-0.4, -0.2) is 19.7 Å². The summed E-state index contributed by atoms with van der Waals surface area (Å²) in [4.78, 5) is 17.8. The molecule has 0 bridgehead atoms. The first-order valence-electron chi connectivity index (χ1n) is 7.23. The second-order valence-electron chi connectivity index (χ2n) is 5.30. The van der Waals surface area contributed by atoms with Gasteiger partial charge in [0.05, 0.1) is 21.9 Å². The highest BCUT2D eigenvalue weighted by Crippen LogP contribution is 2.36. The Kier molecular flexibility index (Phi) is 5.03. The van der Waals surface area contributed by atoms with E-state index >= 15 is 0 Å². The largest absolute Gasteiger partial charge is 0.449 e. The smallest absolute Gasteiger partial charge is 0.437 e. The summed E-state index contributed by atoms with van der Waals surface area (Å²) >= 11 is 11.6. The quantitative estimate of drug-likeness (QED) is 0.655. The topological polar surface area (TPSA) is 84.8 Å². The van der Waals surface area contributed by atoms with Gasteiger partial charge in [0.2, 0.25) is 11.7 Å². The lowest BCUT2D eigenvalue weighted by Gasteiger charge is -2.14. The average Bonchev–Trinajstić information content (AvgIpc) is 2.97. The van der Waals surface area contributed by atoms with E-state index in [9.17, 15) is 18.0 Å². The maximum absolute atomic E-state index is 13.4. The molecule has 0 aliphatic carbocycles. The Morgan fingerprint density at radius 2 is 2.00 bits per heavy atom. The van der Waals surface area contributed by atoms with E-state index in [-0.39, 0.29) is 15.8 Å². The number of rotatable bonds is 4. The van der Waals surface area contributed by atoms with Crippen LogP contribution in [0.2, 0.25) is 10.0 Å². The van der Waals surface area contributed by atoms with Crippen LogP contribution in [0.1, 0.15) is 5.69 Å². The third-order valence-electron chi connectivity index (χ3n) is 3.22. The van der Waals surface area contributed by atoms with Gasteiger partial charge in [-0.2, -0.15) is 18.3 Å². The number of benzene rings is 1. The van der Waals surface area contributed by atoms with Crippen molar-refractivity contribution in [2.75, 3.05) is 5.32 Å². The molecule has 12 heteroatoms. The van der Waals surface area contributed by atoms with Crippen LogP contribution in [0.5, 0.6) is 11.5 Å². The normalized spacial score (nSPS) is 11.5. The Hall–Kier alpha value is -2.72. The molecule has 2 heterocycles. The molecular formula is C15H10Cl2F3N5O2. The van der Waals surface area contributed by atoms with Gasteiger partial charge in [0.1, 0.15) is 5.75 Å². The molecule has 0 fully saturated rings. The minimum atomic E-state index is -4.94. The number of nitrogens with one attached hydrogen (secondary N) is 2. The molecule has 142 valence electrons. The summed E-state index contributed by atoms with van der Waals surface area (Å²) in [5, 5.41) is 6.64. The summed E-state index contributed by atoms with van der Waals surface area (Å²) in [6.45, 7) is 0. The molecule has 0 aliphatic rings. The number of anilines is 2. The van der Waals surface area contributed by atoms with Crippen molar-refractivity contribution < 1.29 is 17.9 Å². The van der Waals surface area contributed by atoms with Crippen molar-refractivity contribution >= 4 is 34.8 Å². The van der Waals surface area contributed by atoms with Crippen molar-refractivity contribution in [1.29, 1.82) is 0 Å². The van der Waals surface area contributed by atoms with Crippen molar-refractivity contribution in [3.63, 3.8) is 0 Å². The van der Waals surface area contributed by atoms with Gasteiger partial charge in [-0.25, -0.2) is 4.98 Å². The molecule has 1 aromatic carbocycles. The monoisotopic (exact) mass is 419 g/mol. The van der Waals surface area contributed by atoms with Gasteiger partial charge in [0.15, 0.2) is 5.69 Å². The fourth-order valence-electron chi connectivity index (χ4n) is 2.09. The van der Waals surface area contributed by atoms with E-state index in [1.807, 2.05) is 0 Å². The van der Waals surface area contributed by atoms with Crippen molar-refractivity contribution in [3.8, 4) is 11.5 Å². The van der Waals surface area contributed by atoms with Crippen molar-refractivity contribution in [2.45, 2.75) is 6.18 Å². The Morgan fingerprint density at radius 3 is 2.59 bits per heavy atom. The molecule has 0 aliphatic heterocycles. The molecule has 3 aromatic rings. The molecule has 0 radical (unpaired) electrons. The summed E-state index contributed by atoms with van der Waals surface area (Å²) in [6, 6.07) is 3.79. The highest BCUT2D eigenvalue weighted by atomic mass is 35.5. The molecule has 0 atom stereocenters. The van der Waals surface area contributed by atoms with E-state index in [4.69, 9.17) is 27.9 Å². The fraction of sp³-hybridized carbons (Fsp3) is 0.133. The highest BCUT2D eigenvalue weighted by Gasteiger charge is 2.39. The highest BCUT2D eigenvalue weighted by molar-refractivity contribution is 6.42. The minimum Gasteiger partial charge on any atom is -0.449 e. The molecule has 0 unspecified atom stereocenters. The van der Waals surface area contributed by atoms with E-state index in [2.05, 4.69) is 20.4 Å². The van der Waals surface area contributed by atoms with E-state index in [0.29, 0.717) is 5.69 Å². The predicted octanol–water partition coefficient (Wildman–Crippen LogP) is 4.36. The number of H-pyrrole nitrogens is 1. The molecule has 2 N–H and O–H groups in total. The molecule has 0 amide bonds. The van der Waals surface area contributed by atoms with Crippen molar-refractivity contribution in [1.82, 2.24) is 19.7 Å². The fourth-order valence-corrected chi connectivity index (χ4v) is 2.38. The Labute approximate surface area is 159 Å². The van der Waals surface area contributed by atoms with Crippen LogP contribution in [0.15, 0.2) is 35.4 Å².